The molecule has 1 aliphatic rings. The molecule has 104 valence electrons. The molecule has 0 aliphatic heterocycles. The average molecular weight is 263 g/mol. The fourth-order valence-electron chi connectivity index (χ4n) is 2.33. The fraction of sp³-hybridized carbons (Fsp3) is 0.571. The quantitative estimate of drug-likeness (QED) is 0.768. The summed E-state index contributed by atoms with van der Waals surface area (Å²) in [4.78, 5) is 16.1. The monoisotopic (exact) mass is 263 g/mol. The molecule has 0 bridgehead atoms. The summed E-state index contributed by atoms with van der Waals surface area (Å²) in [5, 5.41) is 5.76. The summed E-state index contributed by atoms with van der Waals surface area (Å²) in [6.07, 6.45) is 6.88. The Hall–Kier alpha value is -1.62. The predicted molar refractivity (Wildman–Crippen MR) is 74.3 cm³/mol. The molecular formula is C14H21N3O2. The first-order valence-corrected chi connectivity index (χ1v) is 6.84. The van der Waals surface area contributed by atoms with E-state index in [1.165, 1.54) is 12.8 Å². The summed E-state index contributed by atoms with van der Waals surface area (Å²) >= 11 is 0. The Kier molecular flexibility index (Phi) is 5.15. The lowest BCUT2D eigenvalue weighted by Crippen LogP contribution is -2.29. The molecule has 0 atom stereocenters. The molecule has 1 heterocycles. The van der Waals surface area contributed by atoms with Crippen molar-refractivity contribution in [3.63, 3.8) is 0 Å². The molecule has 1 fully saturated rings. The number of carbonyl (C=O) groups is 1. The van der Waals surface area contributed by atoms with Crippen molar-refractivity contribution in [1.29, 1.82) is 0 Å². The van der Waals surface area contributed by atoms with E-state index in [0.29, 0.717) is 30.6 Å². The second-order valence-corrected chi connectivity index (χ2v) is 4.68. The summed E-state index contributed by atoms with van der Waals surface area (Å²) < 4.78 is 5.70. The molecule has 2 rings (SSSR count). The number of amides is 1. The Morgan fingerprint density at radius 2 is 2.26 bits per heavy atom. The Balaban J connectivity index is 1.74. The molecule has 1 aliphatic carbocycles. The number of nitrogens with one attached hydrogen (secondary N) is 2. The molecule has 0 aromatic carbocycles. The molecule has 0 spiro atoms. The van der Waals surface area contributed by atoms with Crippen LogP contribution in [-0.2, 0) is 4.74 Å². The molecule has 0 saturated heterocycles. The van der Waals surface area contributed by atoms with Gasteiger partial charge in [-0.1, -0.05) is 12.8 Å². The maximum absolute atomic E-state index is 12.0. The summed E-state index contributed by atoms with van der Waals surface area (Å²) in [6.45, 7) is 1.11. The third kappa shape index (κ3) is 3.92. The van der Waals surface area contributed by atoms with E-state index < -0.39 is 0 Å². The first-order valence-electron chi connectivity index (χ1n) is 6.84. The van der Waals surface area contributed by atoms with Crippen molar-refractivity contribution in [2.24, 2.45) is 0 Å². The third-order valence-electron chi connectivity index (χ3n) is 3.33. The number of nitrogens with zero attached hydrogens (tertiary/aromatic N) is 1. The Morgan fingerprint density at radius 1 is 1.47 bits per heavy atom. The van der Waals surface area contributed by atoms with Crippen LogP contribution in [0.25, 0.3) is 0 Å². The van der Waals surface area contributed by atoms with Crippen molar-refractivity contribution in [2.75, 3.05) is 25.5 Å². The van der Waals surface area contributed by atoms with Crippen molar-refractivity contribution in [1.82, 2.24) is 10.3 Å². The molecule has 19 heavy (non-hydrogen) atoms. The zero-order valence-corrected chi connectivity index (χ0v) is 11.3. The van der Waals surface area contributed by atoms with Crippen molar-refractivity contribution in [3.8, 4) is 0 Å². The van der Waals surface area contributed by atoms with Crippen LogP contribution in [0.4, 0.5) is 5.82 Å². The van der Waals surface area contributed by atoms with Crippen LogP contribution in [0, 0.1) is 0 Å². The van der Waals surface area contributed by atoms with Crippen molar-refractivity contribution < 1.29 is 9.53 Å². The van der Waals surface area contributed by atoms with Crippen LogP contribution < -0.4 is 10.6 Å². The Bertz CT molecular complexity index is 417. The van der Waals surface area contributed by atoms with Gasteiger partial charge in [0.15, 0.2) is 0 Å². The van der Waals surface area contributed by atoms with Gasteiger partial charge in [0.05, 0.1) is 18.3 Å². The number of rotatable bonds is 6. The molecule has 0 radical (unpaired) electrons. The first kappa shape index (κ1) is 13.8. The third-order valence-corrected chi connectivity index (χ3v) is 3.33. The number of ether oxygens (including phenoxy) is 1. The van der Waals surface area contributed by atoms with Crippen LogP contribution in [0.15, 0.2) is 18.3 Å². The van der Waals surface area contributed by atoms with Gasteiger partial charge in [-0.05, 0) is 25.0 Å². The molecule has 1 aromatic heterocycles. The van der Waals surface area contributed by atoms with Gasteiger partial charge < -0.3 is 15.4 Å². The number of hydrogen-bond donors (Lipinski definition) is 2. The van der Waals surface area contributed by atoms with Crippen molar-refractivity contribution in [2.45, 2.75) is 31.8 Å². The van der Waals surface area contributed by atoms with Gasteiger partial charge in [0.1, 0.15) is 5.82 Å². The zero-order chi connectivity index (χ0) is 13.5. The van der Waals surface area contributed by atoms with E-state index >= 15 is 0 Å². The van der Waals surface area contributed by atoms with Gasteiger partial charge in [0, 0.05) is 19.8 Å². The van der Waals surface area contributed by atoms with Crippen LogP contribution >= 0.6 is 0 Å². The van der Waals surface area contributed by atoms with Gasteiger partial charge >= 0.3 is 0 Å². The standard InChI is InChI=1S/C14H21N3O2/c1-15-13-12(7-4-8-16-13)14(18)17-9-10-19-11-5-2-3-6-11/h4,7-8,11H,2-3,5-6,9-10H2,1H3,(H,15,16)(H,17,18). The lowest BCUT2D eigenvalue weighted by atomic mass is 10.2. The van der Waals surface area contributed by atoms with E-state index in [4.69, 9.17) is 4.74 Å². The molecular weight excluding hydrogens is 242 g/mol. The highest BCUT2D eigenvalue weighted by Gasteiger charge is 2.15. The molecule has 1 saturated carbocycles. The highest BCUT2D eigenvalue weighted by atomic mass is 16.5. The molecule has 5 heteroatoms. The summed E-state index contributed by atoms with van der Waals surface area (Å²) in [5.41, 5.74) is 0.561. The number of carbonyl (C=O) groups excluding carboxylic acids is 1. The van der Waals surface area contributed by atoms with Gasteiger partial charge in [-0.25, -0.2) is 4.98 Å². The van der Waals surface area contributed by atoms with Gasteiger partial charge in [-0.2, -0.15) is 0 Å². The SMILES string of the molecule is CNc1ncccc1C(=O)NCCOC1CCCC1. The number of anilines is 1. The van der Waals surface area contributed by atoms with Crippen LogP contribution in [-0.4, -0.2) is 37.2 Å². The molecule has 1 aromatic rings. The Labute approximate surface area is 113 Å². The second kappa shape index (κ2) is 7.09. The van der Waals surface area contributed by atoms with Crippen LogP contribution in [0.2, 0.25) is 0 Å². The van der Waals surface area contributed by atoms with E-state index in [9.17, 15) is 4.79 Å². The Morgan fingerprint density at radius 3 is 3.00 bits per heavy atom. The van der Waals surface area contributed by atoms with E-state index in [1.54, 1.807) is 25.4 Å². The molecule has 5 nitrogen and oxygen atoms in total. The van der Waals surface area contributed by atoms with Crippen molar-refractivity contribution >= 4 is 11.7 Å². The first-order chi connectivity index (χ1) is 9.31. The van der Waals surface area contributed by atoms with E-state index in [0.717, 1.165) is 12.8 Å². The highest BCUT2D eigenvalue weighted by Crippen LogP contribution is 2.20. The van der Waals surface area contributed by atoms with Gasteiger partial charge in [-0.3, -0.25) is 4.79 Å². The molecule has 0 unspecified atom stereocenters. The largest absolute Gasteiger partial charge is 0.376 e. The normalized spacial score (nSPS) is 15.4. The predicted octanol–water partition coefficient (Wildman–Crippen LogP) is 1.81. The minimum Gasteiger partial charge on any atom is -0.376 e. The lowest BCUT2D eigenvalue weighted by Gasteiger charge is -2.12. The van der Waals surface area contributed by atoms with Gasteiger partial charge in [-0.15, -0.1) is 0 Å². The summed E-state index contributed by atoms with van der Waals surface area (Å²) in [6, 6.07) is 3.51. The lowest BCUT2D eigenvalue weighted by molar-refractivity contribution is 0.0582. The number of hydrogen-bond acceptors (Lipinski definition) is 4. The topological polar surface area (TPSA) is 63.2 Å². The van der Waals surface area contributed by atoms with Crippen molar-refractivity contribution in [3.05, 3.63) is 23.9 Å². The van der Waals surface area contributed by atoms with Crippen LogP contribution in [0.3, 0.4) is 0 Å². The number of aromatic nitrogens is 1. The minimum absolute atomic E-state index is 0.118. The van der Waals surface area contributed by atoms with Gasteiger partial charge in [0.2, 0.25) is 0 Å². The smallest absolute Gasteiger partial charge is 0.255 e. The van der Waals surface area contributed by atoms with Gasteiger partial charge in [0.25, 0.3) is 5.91 Å². The maximum Gasteiger partial charge on any atom is 0.255 e. The van der Waals surface area contributed by atoms with E-state index in [2.05, 4.69) is 15.6 Å². The molecule has 1 amide bonds. The van der Waals surface area contributed by atoms with Crippen LogP contribution in [0.1, 0.15) is 36.0 Å². The maximum atomic E-state index is 12.0. The zero-order valence-electron chi connectivity index (χ0n) is 11.3. The summed E-state index contributed by atoms with van der Waals surface area (Å²) in [7, 11) is 1.75. The summed E-state index contributed by atoms with van der Waals surface area (Å²) in [5.74, 6) is 0.476. The van der Waals surface area contributed by atoms with E-state index in [-0.39, 0.29) is 5.91 Å². The fourth-order valence-corrected chi connectivity index (χ4v) is 2.33. The average Bonchev–Trinajstić information content (AvgIpc) is 2.96. The molecule has 2 N–H and O–H groups in total. The van der Waals surface area contributed by atoms with E-state index in [1.807, 2.05) is 0 Å². The minimum atomic E-state index is -0.118. The van der Waals surface area contributed by atoms with Crippen LogP contribution in [0.5, 0.6) is 0 Å². The highest BCUT2D eigenvalue weighted by molar-refractivity contribution is 5.98. The number of pyridine rings is 1. The second-order valence-electron chi connectivity index (χ2n) is 4.68.